The summed E-state index contributed by atoms with van der Waals surface area (Å²) in [6, 6.07) is -0.439. The van der Waals surface area contributed by atoms with Gasteiger partial charge in [-0.2, -0.15) is 0 Å². The molecule has 1 saturated heterocycles. The molecule has 0 bridgehead atoms. The maximum atomic E-state index is 11.9. The molecule has 0 aromatic rings. The number of ether oxygens (including phenoxy) is 3. The van der Waals surface area contributed by atoms with E-state index >= 15 is 0 Å². The summed E-state index contributed by atoms with van der Waals surface area (Å²) in [5.41, 5.74) is -0.556. The van der Waals surface area contributed by atoms with Crippen LogP contribution in [0, 0.1) is 5.92 Å². The highest BCUT2D eigenvalue weighted by atomic mass is 16.6. The van der Waals surface area contributed by atoms with Crippen LogP contribution in [0.4, 0.5) is 4.79 Å². The van der Waals surface area contributed by atoms with E-state index in [1.807, 2.05) is 13.8 Å². The summed E-state index contributed by atoms with van der Waals surface area (Å²) in [7, 11) is 1.36. The van der Waals surface area contributed by atoms with E-state index in [1.54, 1.807) is 20.8 Å². The fourth-order valence-electron chi connectivity index (χ4n) is 2.93. The minimum atomic E-state index is -0.618. The molecule has 1 fully saturated rings. The second-order valence-corrected chi connectivity index (χ2v) is 8.44. The summed E-state index contributed by atoms with van der Waals surface area (Å²) in [5, 5.41) is 16.1. The van der Waals surface area contributed by atoms with Crippen molar-refractivity contribution in [2.24, 2.45) is 5.92 Å². The van der Waals surface area contributed by atoms with Gasteiger partial charge in [0.25, 0.3) is 0 Å². The number of methoxy groups -OCH3 is 1. The number of alkyl carbamates (subject to hydrolysis) is 1. The molecule has 1 rings (SSSR count). The quantitative estimate of drug-likeness (QED) is 0.542. The van der Waals surface area contributed by atoms with Crippen molar-refractivity contribution < 1.29 is 28.9 Å². The molecular formula is C19H36N2O6. The molecular weight excluding hydrogens is 352 g/mol. The zero-order valence-corrected chi connectivity index (χ0v) is 17.4. The van der Waals surface area contributed by atoms with Crippen LogP contribution in [0.15, 0.2) is 0 Å². The van der Waals surface area contributed by atoms with Gasteiger partial charge in [0.05, 0.1) is 25.4 Å². The Kier molecular flexibility index (Phi) is 9.49. The second-order valence-electron chi connectivity index (χ2n) is 8.44. The molecule has 1 amide bonds. The van der Waals surface area contributed by atoms with Crippen LogP contribution in [0.1, 0.15) is 53.9 Å². The predicted molar refractivity (Wildman–Crippen MR) is 101 cm³/mol. The van der Waals surface area contributed by atoms with Crippen LogP contribution in [-0.4, -0.2) is 67.3 Å². The predicted octanol–water partition coefficient (Wildman–Crippen LogP) is 1.60. The third kappa shape index (κ3) is 9.39. The average Bonchev–Trinajstić information content (AvgIpc) is 2.56. The summed E-state index contributed by atoms with van der Waals surface area (Å²) in [6.45, 7) is 10.1. The topological polar surface area (TPSA) is 106 Å². The van der Waals surface area contributed by atoms with Crippen molar-refractivity contribution in [3.8, 4) is 0 Å². The molecule has 0 aromatic carbocycles. The molecule has 1 heterocycles. The van der Waals surface area contributed by atoms with Gasteiger partial charge in [-0.15, -0.1) is 0 Å². The molecule has 1 aliphatic rings. The minimum Gasteiger partial charge on any atom is -0.468 e. The molecule has 8 heteroatoms. The molecule has 0 saturated carbocycles. The van der Waals surface area contributed by atoms with Crippen LogP contribution in [0.5, 0.6) is 0 Å². The van der Waals surface area contributed by atoms with E-state index in [4.69, 9.17) is 14.2 Å². The number of nitrogens with one attached hydrogen (secondary N) is 2. The monoisotopic (exact) mass is 388 g/mol. The largest absolute Gasteiger partial charge is 0.468 e. The van der Waals surface area contributed by atoms with Gasteiger partial charge < -0.3 is 30.0 Å². The van der Waals surface area contributed by atoms with Gasteiger partial charge in [-0.3, -0.25) is 4.79 Å². The molecule has 1 aliphatic heterocycles. The number of rotatable bonds is 8. The van der Waals surface area contributed by atoms with E-state index in [9.17, 15) is 14.7 Å². The van der Waals surface area contributed by atoms with Crippen molar-refractivity contribution in [1.82, 2.24) is 10.6 Å². The van der Waals surface area contributed by atoms with E-state index in [0.29, 0.717) is 38.3 Å². The van der Waals surface area contributed by atoms with E-state index in [2.05, 4.69) is 10.6 Å². The number of carbonyl (C=O) groups is 2. The number of aliphatic hydroxyl groups is 1. The molecule has 4 atom stereocenters. The van der Waals surface area contributed by atoms with Crippen molar-refractivity contribution in [3.05, 3.63) is 0 Å². The molecule has 158 valence electrons. The summed E-state index contributed by atoms with van der Waals surface area (Å²) < 4.78 is 16.0. The van der Waals surface area contributed by atoms with Gasteiger partial charge in [0.2, 0.25) is 0 Å². The number of amides is 1. The average molecular weight is 389 g/mol. The fraction of sp³-hybridized carbons (Fsp3) is 0.895. The van der Waals surface area contributed by atoms with E-state index in [0.717, 1.165) is 0 Å². The third-order valence-electron chi connectivity index (χ3n) is 4.21. The van der Waals surface area contributed by atoms with Crippen LogP contribution in [0.3, 0.4) is 0 Å². The highest BCUT2D eigenvalue weighted by molar-refractivity contribution is 5.75. The van der Waals surface area contributed by atoms with Crippen molar-refractivity contribution in [1.29, 1.82) is 0 Å². The Bertz CT molecular complexity index is 477. The van der Waals surface area contributed by atoms with Gasteiger partial charge in [-0.25, -0.2) is 4.79 Å². The van der Waals surface area contributed by atoms with Gasteiger partial charge in [0.15, 0.2) is 0 Å². The second kappa shape index (κ2) is 10.8. The highest BCUT2D eigenvalue weighted by Crippen LogP contribution is 2.20. The van der Waals surface area contributed by atoms with Gasteiger partial charge in [0, 0.05) is 13.1 Å². The number of esters is 1. The van der Waals surface area contributed by atoms with Crippen LogP contribution < -0.4 is 10.6 Å². The van der Waals surface area contributed by atoms with E-state index in [1.165, 1.54) is 7.11 Å². The molecule has 27 heavy (non-hydrogen) atoms. The third-order valence-corrected chi connectivity index (χ3v) is 4.21. The highest BCUT2D eigenvalue weighted by Gasteiger charge is 2.32. The first kappa shape index (κ1) is 23.7. The minimum absolute atomic E-state index is 0.214. The maximum Gasteiger partial charge on any atom is 0.407 e. The van der Waals surface area contributed by atoms with Crippen molar-refractivity contribution >= 4 is 12.1 Å². The van der Waals surface area contributed by atoms with Crippen molar-refractivity contribution in [2.45, 2.75) is 83.8 Å². The van der Waals surface area contributed by atoms with E-state index < -0.39 is 29.9 Å². The number of aliphatic hydroxyl groups excluding tert-OH is 1. The number of hydrogen-bond donors (Lipinski definition) is 3. The zero-order valence-electron chi connectivity index (χ0n) is 17.4. The fourth-order valence-corrected chi connectivity index (χ4v) is 2.93. The van der Waals surface area contributed by atoms with Crippen molar-refractivity contribution in [2.75, 3.05) is 20.2 Å². The molecule has 0 aliphatic carbocycles. The van der Waals surface area contributed by atoms with Crippen LogP contribution in [-0.2, 0) is 19.0 Å². The first-order chi connectivity index (χ1) is 12.5. The van der Waals surface area contributed by atoms with Gasteiger partial charge in [0.1, 0.15) is 11.6 Å². The first-order valence-corrected chi connectivity index (χ1v) is 9.63. The van der Waals surface area contributed by atoms with Crippen molar-refractivity contribution in [3.63, 3.8) is 0 Å². The van der Waals surface area contributed by atoms with Gasteiger partial charge in [-0.05, 0) is 46.0 Å². The van der Waals surface area contributed by atoms with Crippen LogP contribution in [0.25, 0.3) is 0 Å². The van der Waals surface area contributed by atoms with Crippen LogP contribution >= 0.6 is 0 Å². The molecule has 3 N–H and O–H groups in total. The standard InChI is InChI=1S/C19H36N2O6/c1-12(2)9-14(17(23)25-6)20-11-16-15(22)8-7-13(26-16)10-21-18(24)27-19(3,4)5/h12-16,20,22H,7-11H2,1-6H3,(H,21,24)/t13-,14+,15+,16-/m1/s1. The lowest BCUT2D eigenvalue weighted by Gasteiger charge is -2.35. The van der Waals surface area contributed by atoms with Gasteiger partial charge in [-0.1, -0.05) is 13.8 Å². The lowest BCUT2D eigenvalue weighted by molar-refractivity contribution is -0.145. The SMILES string of the molecule is COC(=O)[C@H](CC(C)C)NC[C@H]1O[C@@H](CNC(=O)OC(C)(C)C)CC[C@@H]1O. The number of hydrogen-bond acceptors (Lipinski definition) is 7. The summed E-state index contributed by atoms with van der Waals surface area (Å²) >= 11 is 0. The summed E-state index contributed by atoms with van der Waals surface area (Å²) in [6.07, 6.45) is 0.0686. The Morgan fingerprint density at radius 2 is 1.89 bits per heavy atom. The maximum absolute atomic E-state index is 11.9. The zero-order chi connectivity index (χ0) is 20.6. The normalized spacial score (nSPS) is 24.4. The lowest BCUT2D eigenvalue weighted by Crippen LogP contribution is -2.51. The number of carbonyl (C=O) groups excluding carboxylic acids is 2. The molecule has 0 radical (unpaired) electrons. The Morgan fingerprint density at radius 1 is 1.22 bits per heavy atom. The summed E-state index contributed by atoms with van der Waals surface area (Å²) in [4.78, 5) is 23.7. The molecule has 0 unspecified atom stereocenters. The Hall–Kier alpha value is -1.38. The molecule has 8 nitrogen and oxygen atoms in total. The van der Waals surface area contributed by atoms with Gasteiger partial charge >= 0.3 is 12.1 Å². The smallest absolute Gasteiger partial charge is 0.407 e. The lowest BCUT2D eigenvalue weighted by atomic mass is 9.99. The molecule has 0 aromatic heterocycles. The Labute approximate surface area is 162 Å². The van der Waals surface area contributed by atoms with E-state index in [-0.39, 0.29) is 12.1 Å². The Morgan fingerprint density at radius 3 is 2.44 bits per heavy atom. The first-order valence-electron chi connectivity index (χ1n) is 9.63. The summed E-state index contributed by atoms with van der Waals surface area (Å²) in [5.74, 6) is 0.00159. The van der Waals surface area contributed by atoms with Crippen LogP contribution in [0.2, 0.25) is 0 Å². The molecule has 0 spiro atoms. The Balaban J connectivity index is 2.50.